The smallest absolute Gasteiger partial charge is 0.265 e. The summed E-state index contributed by atoms with van der Waals surface area (Å²) in [6, 6.07) is 0. The molecule has 5 heteroatoms. The van der Waals surface area contributed by atoms with E-state index in [0.717, 1.165) is 0 Å². The predicted octanol–water partition coefficient (Wildman–Crippen LogP) is -1.67. The van der Waals surface area contributed by atoms with Crippen molar-refractivity contribution in [2.24, 2.45) is 11.5 Å². The third kappa shape index (κ3) is 1.65. The van der Waals surface area contributed by atoms with Crippen molar-refractivity contribution < 1.29 is 9.59 Å². The SMILES string of the molecule is NC(=O)C(=S)C(N)=O. The summed E-state index contributed by atoms with van der Waals surface area (Å²) in [6.45, 7) is 0. The molecule has 0 saturated carbocycles. The van der Waals surface area contributed by atoms with Crippen LogP contribution in [-0.4, -0.2) is 16.7 Å². The van der Waals surface area contributed by atoms with Crippen molar-refractivity contribution in [2.75, 3.05) is 0 Å². The summed E-state index contributed by atoms with van der Waals surface area (Å²) >= 11 is 4.15. The van der Waals surface area contributed by atoms with E-state index in [-0.39, 0.29) is 0 Å². The lowest BCUT2D eigenvalue weighted by Crippen LogP contribution is -2.33. The summed E-state index contributed by atoms with van der Waals surface area (Å²) in [5.41, 5.74) is 9.11. The fourth-order valence-corrected chi connectivity index (χ4v) is 0.121. The Morgan fingerprint density at radius 2 is 1.38 bits per heavy atom. The molecule has 8 heavy (non-hydrogen) atoms. The first-order valence-electron chi connectivity index (χ1n) is 1.69. The van der Waals surface area contributed by atoms with Gasteiger partial charge in [0, 0.05) is 0 Å². The fourth-order valence-electron chi connectivity index (χ4n) is 0.121. The average Bonchev–Trinajstić information content (AvgIpc) is 1.64. The van der Waals surface area contributed by atoms with Crippen molar-refractivity contribution in [2.45, 2.75) is 0 Å². The zero-order valence-corrected chi connectivity index (χ0v) is 4.70. The van der Waals surface area contributed by atoms with Crippen LogP contribution in [0.3, 0.4) is 0 Å². The van der Waals surface area contributed by atoms with Crippen LogP contribution in [0.1, 0.15) is 0 Å². The molecule has 0 spiro atoms. The van der Waals surface area contributed by atoms with Crippen LogP contribution >= 0.6 is 12.2 Å². The van der Waals surface area contributed by atoms with Crippen molar-refractivity contribution in [1.29, 1.82) is 0 Å². The topological polar surface area (TPSA) is 86.2 Å². The first-order valence-corrected chi connectivity index (χ1v) is 2.10. The number of hydrogen-bond acceptors (Lipinski definition) is 3. The van der Waals surface area contributed by atoms with E-state index in [1.807, 2.05) is 0 Å². The van der Waals surface area contributed by atoms with E-state index in [1.165, 1.54) is 0 Å². The van der Waals surface area contributed by atoms with Crippen molar-refractivity contribution in [3.05, 3.63) is 0 Å². The molecule has 0 aromatic heterocycles. The summed E-state index contributed by atoms with van der Waals surface area (Å²) in [6.07, 6.45) is 0. The molecule has 0 aliphatic rings. The lowest BCUT2D eigenvalue weighted by molar-refractivity contribution is -0.115. The highest BCUT2D eigenvalue weighted by molar-refractivity contribution is 7.84. The van der Waals surface area contributed by atoms with Gasteiger partial charge in [0.1, 0.15) is 0 Å². The Balaban J connectivity index is 4.05. The fraction of sp³-hybridized carbons (Fsp3) is 0. The van der Waals surface area contributed by atoms with E-state index in [4.69, 9.17) is 0 Å². The largest absolute Gasteiger partial charge is 0.365 e. The van der Waals surface area contributed by atoms with Crippen LogP contribution in [0.15, 0.2) is 0 Å². The average molecular weight is 132 g/mol. The molecule has 0 radical (unpaired) electrons. The molecule has 4 nitrogen and oxygen atoms in total. The molecule has 0 atom stereocenters. The van der Waals surface area contributed by atoms with Gasteiger partial charge in [0.15, 0.2) is 4.86 Å². The second-order valence-electron chi connectivity index (χ2n) is 1.06. The zero-order valence-electron chi connectivity index (χ0n) is 3.88. The number of nitrogens with two attached hydrogens (primary N) is 2. The molecule has 0 fully saturated rings. The Labute approximate surface area is 50.8 Å². The first kappa shape index (κ1) is 7.03. The van der Waals surface area contributed by atoms with Crippen LogP contribution in [0, 0.1) is 0 Å². The predicted molar refractivity (Wildman–Crippen MR) is 31.0 cm³/mol. The van der Waals surface area contributed by atoms with E-state index >= 15 is 0 Å². The van der Waals surface area contributed by atoms with E-state index in [1.54, 1.807) is 0 Å². The van der Waals surface area contributed by atoms with Gasteiger partial charge in [-0.1, -0.05) is 12.2 Å². The van der Waals surface area contributed by atoms with Gasteiger partial charge in [-0.3, -0.25) is 9.59 Å². The third-order valence-electron chi connectivity index (χ3n) is 0.448. The number of carbonyl (C=O) groups is 2. The van der Waals surface area contributed by atoms with Crippen molar-refractivity contribution in [1.82, 2.24) is 0 Å². The Hall–Kier alpha value is -0.970. The van der Waals surface area contributed by atoms with Crippen molar-refractivity contribution in [3.63, 3.8) is 0 Å². The number of thiocarbonyl (C=S) groups is 1. The molecule has 0 unspecified atom stereocenters. The summed E-state index contributed by atoms with van der Waals surface area (Å²) in [7, 11) is 0. The number of primary amides is 2. The monoisotopic (exact) mass is 132 g/mol. The molecule has 44 valence electrons. The van der Waals surface area contributed by atoms with Gasteiger partial charge >= 0.3 is 0 Å². The summed E-state index contributed by atoms with van der Waals surface area (Å²) < 4.78 is 0. The van der Waals surface area contributed by atoms with Crippen LogP contribution in [0.25, 0.3) is 0 Å². The molecule has 4 N–H and O–H groups in total. The molecule has 0 bridgehead atoms. The number of carbonyl (C=O) groups excluding carboxylic acids is 2. The minimum atomic E-state index is -0.951. The number of rotatable bonds is 2. The Bertz CT molecular complexity index is 137. The van der Waals surface area contributed by atoms with Crippen LogP contribution in [0.2, 0.25) is 0 Å². The van der Waals surface area contributed by atoms with Gasteiger partial charge in [0.2, 0.25) is 0 Å². The Morgan fingerprint density at radius 1 is 1.12 bits per heavy atom. The van der Waals surface area contributed by atoms with E-state index in [2.05, 4.69) is 23.7 Å². The van der Waals surface area contributed by atoms with Crippen molar-refractivity contribution >= 4 is 28.9 Å². The second-order valence-corrected chi connectivity index (χ2v) is 1.47. The van der Waals surface area contributed by atoms with E-state index < -0.39 is 16.7 Å². The molecule has 0 aromatic rings. The van der Waals surface area contributed by atoms with E-state index in [9.17, 15) is 9.59 Å². The number of hydrogen-bond donors (Lipinski definition) is 2. The van der Waals surface area contributed by atoms with Gasteiger partial charge in [-0.15, -0.1) is 0 Å². The third-order valence-corrected chi connectivity index (χ3v) is 0.850. The van der Waals surface area contributed by atoms with Crippen LogP contribution in [0.5, 0.6) is 0 Å². The number of amides is 2. The standard InChI is InChI=1S/C3H4N2O2S/c4-2(6)1(8)3(5)7/h(H2,4,6)(H2,5,7). The molecular formula is C3H4N2O2S. The van der Waals surface area contributed by atoms with Crippen LogP contribution in [-0.2, 0) is 9.59 Å². The maximum atomic E-state index is 9.92. The summed E-state index contributed by atoms with van der Waals surface area (Å²) in [5.74, 6) is -1.90. The minimum absolute atomic E-state index is 0.537. The van der Waals surface area contributed by atoms with Gasteiger partial charge in [0.25, 0.3) is 11.8 Å². The maximum Gasteiger partial charge on any atom is 0.265 e. The summed E-state index contributed by atoms with van der Waals surface area (Å²) in [4.78, 5) is 19.3. The van der Waals surface area contributed by atoms with Gasteiger partial charge < -0.3 is 11.5 Å². The molecule has 0 aliphatic heterocycles. The van der Waals surface area contributed by atoms with Gasteiger partial charge in [-0.2, -0.15) is 0 Å². The molecular weight excluding hydrogens is 128 g/mol. The Morgan fingerprint density at radius 3 is 1.38 bits per heavy atom. The van der Waals surface area contributed by atoms with Gasteiger partial charge in [-0.05, 0) is 0 Å². The molecule has 0 saturated heterocycles. The second kappa shape index (κ2) is 2.37. The quantitative estimate of drug-likeness (QED) is 0.348. The molecule has 0 rings (SSSR count). The first-order chi connectivity index (χ1) is 3.55. The van der Waals surface area contributed by atoms with E-state index in [0.29, 0.717) is 0 Å². The molecule has 0 aliphatic carbocycles. The van der Waals surface area contributed by atoms with Crippen LogP contribution < -0.4 is 11.5 Å². The highest BCUT2D eigenvalue weighted by Gasteiger charge is 2.08. The maximum absolute atomic E-state index is 9.92. The normalized spacial score (nSPS) is 8.00. The van der Waals surface area contributed by atoms with Gasteiger partial charge in [-0.25, -0.2) is 0 Å². The molecule has 0 heterocycles. The lowest BCUT2D eigenvalue weighted by atomic mass is 10.4. The molecule has 0 aromatic carbocycles. The zero-order chi connectivity index (χ0) is 6.73. The van der Waals surface area contributed by atoms with Crippen molar-refractivity contribution in [3.8, 4) is 0 Å². The minimum Gasteiger partial charge on any atom is -0.365 e. The van der Waals surface area contributed by atoms with Gasteiger partial charge in [0.05, 0.1) is 0 Å². The Kier molecular flexibility index (Phi) is 2.08. The summed E-state index contributed by atoms with van der Waals surface area (Å²) in [5, 5.41) is 0. The molecule has 2 amide bonds. The highest BCUT2D eigenvalue weighted by atomic mass is 32.1. The highest BCUT2D eigenvalue weighted by Crippen LogP contribution is 1.70. The van der Waals surface area contributed by atoms with Crippen LogP contribution in [0.4, 0.5) is 0 Å². The lowest BCUT2D eigenvalue weighted by Gasteiger charge is -1.86.